The Bertz CT molecular complexity index is 525. The fraction of sp³-hybridized carbons (Fsp3) is 0.333. The second-order valence-corrected chi connectivity index (χ2v) is 3.81. The summed E-state index contributed by atoms with van der Waals surface area (Å²) in [5.41, 5.74) is 6.29. The summed E-state index contributed by atoms with van der Waals surface area (Å²) in [6, 6.07) is 4.97. The Morgan fingerprint density at radius 2 is 2.28 bits per heavy atom. The quantitative estimate of drug-likeness (QED) is 0.478. The van der Waals surface area contributed by atoms with Crippen molar-refractivity contribution < 1.29 is 14.4 Å². The van der Waals surface area contributed by atoms with Gasteiger partial charge < -0.3 is 20.1 Å². The van der Waals surface area contributed by atoms with Crippen LogP contribution in [-0.2, 0) is 11.3 Å². The molecular weight excluding hydrogens is 234 g/mol. The van der Waals surface area contributed by atoms with E-state index in [1.165, 1.54) is 0 Å². The van der Waals surface area contributed by atoms with Gasteiger partial charge in [-0.1, -0.05) is 18.1 Å². The Labute approximate surface area is 104 Å². The highest BCUT2D eigenvalue weighted by Crippen LogP contribution is 2.32. The number of aromatic nitrogens is 2. The van der Waals surface area contributed by atoms with E-state index >= 15 is 0 Å². The smallest absolute Gasteiger partial charge is 0.261 e. The van der Waals surface area contributed by atoms with Crippen molar-refractivity contribution in [2.45, 2.75) is 20.0 Å². The third kappa shape index (κ3) is 2.60. The van der Waals surface area contributed by atoms with Gasteiger partial charge in [-0.25, -0.2) is 0 Å². The summed E-state index contributed by atoms with van der Waals surface area (Å²) in [6.07, 6.45) is 0.931. The van der Waals surface area contributed by atoms with Crippen molar-refractivity contribution in [2.75, 3.05) is 12.3 Å². The second-order valence-electron chi connectivity index (χ2n) is 3.81. The number of ether oxygens (including phenoxy) is 1. The Hall–Kier alpha value is -2.08. The average molecular weight is 249 g/mol. The van der Waals surface area contributed by atoms with Crippen LogP contribution < -0.4 is 5.73 Å². The molecule has 0 saturated heterocycles. The van der Waals surface area contributed by atoms with E-state index in [-0.39, 0.29) is 17.3 Å². The molecule has 0 aliphatic carbocycles. The van der Waals surface area contributed by atoms with Crippen molar-refractivity contribution in [3.8, 4) is 17.2 Å². The van der Waals surface area contributed by atoms with Gasteiger partial charge in [0, 0.05) is 6.61 Å². The van der Waals surface area contributed by atoms with Crippen LogP contribution in [0, 0.1) is 0 Å². The molecule has 0 fully saturated rings. The van der Waals surface area contributed by atoms with E-state index in [2.05, 4.69) is 10.1 Å². The van der Waals surface area contributed by atoms with Gasteiger partial charge >= 0.3 is 0 Å². The molecule has 0 spiro atoms. The van der Waals surface area contributed by atoms with Crippen LogP contribution in [0.15, 0.2) is 22.7 Å². The second kappa shape index (κ2) is 5.50. The zero-order valence-electron chi connectivity index (χ0n) is 10.1. The lowest BCUT2D eigenvalue weighted by atomic mass is 10.2. The van der Waals surface area contributed by atoms with Crippen molar-refractivity contribution in [1.82, 2.24) is 10.1 Å². The minimum absolute atomic E-state index is 0.0535. The van der Waals surface area contributed by atoms with Crippen molar-refractivity contribution in [3.63, 3.8) is 0 Å². The predicted molar refractivity (Wildman–Crippen MR) is 65.8 cm³/mol. The first-order valence-electron chi connectivity index (χ1n) is 5.70. The van der Waals surface area contributed by atoms with E-state index in [4.69, 9.17) is 15.0 Å². The topological polar surface area (TPSA) is 94.4 Å². The van der Waals surface area contributed by atoms with Crippen LogP contribution in [0.25, 0.3) is 11.5 Å². The molecule has 1 aromatic carbocycles. The maximum Gasteiger partial charge on any atom is 0.261 e. The zero-order chi connectivity index (χ0) is 13.0. The molecule has 6 heteroatoms. The number of para-hydroxylation sites is 1. The Balaban J connectivity index is 2.16. The number of nitrogen functional groups attached to an aromatic ring is 1. The van der Waals surface area contributed by atoms with Gasteiger partial charge in [0.15, 0.2) is 11.6 Å². The highest BCUT2D eigenvalue weighted by atomic mass is 16.5. The van der Waals surface area contributed by atoms with E-state index in [1.54, 1.807) is 18.2 Å². The normalized spacial score (nSPS) is 10.7. The molecule has 6 nitrogen and oxygen atoms in total. The fourth-order valence-corrected chi connectivity index (χ4v) is 1.46. The van der Waals surface area contributed by atoms with E-state index < -0.39 is 0 Å². The summed E-state index contributed by atoms with van der Waals surface area (Å²) in [4.78, 5) is 4.14. The first-order valence-corrected chi connectivity index (χ1v) is 5.70. The van der Waals surface area contributed by atoms with Gasteiger partial charge in [0.1, 0.15) is 6.61 Å². The van der Waals surface area contributed by atoms with Crippen molar-refractivity contribution in [3.05, 3.63) is 24.0 Å². The minimum Gasteiger partial charge on any atom is -0.505 e. The number of hydrogen-bond donors (Lipinski definition) is 2. The van der Waals surface area contributed by atoms with Gasteiger partial charge in [0.25, 0.3) is 5.89 Å². The molecule has 2 rings (SSSR count). The van der Waals surface area contributed by atoms with Crippen LogP contribution in [0.3, 0.4) is 0 Å². The third-order valence-electron chi connectivity index (χ3n) is 2.35. The number of nitrogens with two attached hydrogens (primary N) is 1. The van der Waals surface area contributed by atoms with Crippen molar-refractivity contribution in [2.24, 2.45) is 0 Å². The van der Waals surface area contributed by atoms with Crippen molar-refractivity contribution >= 4 is 5.69 Å². The largest absolute Gasteiger partial charge is 0.505 e. The molecule has 2 aromatic rings. The van der Waals surface area contributed by atoms with Gasteiger partial charge in [-0.2, -0.15) is 4.98 Å². The van der Waals surface area contributed by atoms with Gasteiger partial charge in [0.05, 0.1) is 11.3 Å². The van der Waals surface area contributed by atoms with Crippen LogP contribution >= 0.6 is 0 Å². The maximum absolute atomic E-state index is 9.79. The number of benzene rings is 1. The summed E-state index contributed by atoms with van der Waals surface area (Å²) in [6.45, 7) is 2.96. The molecule has 1 aromatic heterocycles. The Kier molecular flexibility index (Phi) is 3.78. The van der Waals surface area contributed by atoms with Crippen LogP contribution in [0.5, 0.6) is 5.75 Å². The van der Waals surface area contributed by atoms with Gasteiger partial charge in [-0.3, -0.25) is 0 Å². The number of hydrogen-bond acceptors (Lipinski definition) is 6. The molecule has 0 saturated carbocycles. The molecule has 0 radical (unpaired) electrons. The summed E-state index contributed by atoms with van der Waals surface area (Å²) >= 11 is 0. The zero-order valence-corrected chi connectivity index (χ0v) is 10.1. The summed E-state index contributed by atoms with van der Waals surface area (Å²) in [5, 5.41) is 13.6. The van der Waals surface area contributed by atoms with Crippen LogP contribution in [0.4, 0.5) is 5.69 Å². The molecule has 18 heavy (non-hydrogen) atoms. The van der Waals surface area contributed by atoms with Gasteiger partial charge in [-0.15, -0.1) is 0 Å². The lowest BCUT2D eigenvalue weighted by Crippen LogP contribution is -1.95. The minimum atomic E-state index is -0.0535. The molecule has 0 bridgehead atoms. The molecule has 0 atom stereocenters. The predicted octanol–water partition coefficient (Wildman–Crippen LogP) is 1.95. The van der Waals surface area contributed by atoms with E-state index in [0.717, 1.165) is 6.42 Å². The number of anilines is 1. The summed E-state index contributed by atoms with van der Waals surface area (Å²) in [7, 11) is 0. The fourth-order valence-electron chi connectivity index (χ4n) is 1.46. The third-order valence-corrected chi connectivity index (χ3v) is 2.35. The molecule has 3 N–H and O–H groups in total. The summed E-state index contributed by atoms with van der Waals surface area (Å²) < 4.78 is 10.4. The molecule has 96 valence electrons. The monoisotopic (exact) mass is 249 g/mol. The molecule has 0 aliphatic heterocycles. The van der Waals surface area contributed by atoms with E-state index in [1.807, 2.05) is 6.92 Å². The molecular formula is C12H15N3O3. The lowest BCUT2D eigenvalue weighted by Gasteiger charge is -2.01. The van der Waals surface area contributed by atoms with Gasteiger partial charge in [-0.05, 0) is 18.6 Å². The van der Waals surface area contributed by atoms with Crippen LogP contribution in [-0.4, -0.2) is 21.9 Å². The number of rotatable bonds is 5. The average Bonchev–Trinajstić information content (AvgIpc) is 2.82. The SMILES string of the molecule is CCCOCc1noc(-c2cccc(N)c2O)n1. The van der Waals surface area contributed by atoms with Crippen LogP contribution in [0.2, 0.25) is 0 Å². The highest BCUT2D eigenvalue weighted by Gasteiger charge is 2.14. The molecule has 0 aliphatic rings. The maximum atomic E-state index is 9.79. The first kappa shape index (κ1) is 12.4. The van der Waals surface area contributed by atoms with E-state index in [9.17, 15) is 5.11 Å². The lowest BCUT2D eigenvalue weighted by molar-refractivity contribution is 0.114. The van der Waals surface area contributed by atoms with Crippen molar-refractivity contribution in [1.29, 1.82) is 0 Å². The molecule has 1 heterocycles. The summed E-state index contributed by atoms with van der Waals surface area (Å²) in [5.74, 6) is 0.623. The van der Waals surface area contributed by atoms with Gasteiger partial charge in [0.2, 0.25) is 0 Å². The molecule has 0 amide bonds. The first-order chi connectivity index (χ1) is 8.72. The Morgan fingerprint density at radius 1 is 1.44 bits per heavy atom. The highest BCUT2D eigenvalue weighted by molar-refractivity contribution is 5.71. The molecule has 0 unspecified atom stereocenters. The number of aromatic hydroxyl groups is 1. The number of phenols is 1. The van der Waals surface area contributed by atoms with Crippen LogP contribution in [0.1, 0.15) is 19.2 Å². The number of nitrogens with zero attached hydrogens (tertiary/aromatic N) is 2. The standard InChI is InChI=1S/C12H15N3O3/c1-2-6-17-7-10-14-12(18-15-10)8-4-3-5-9(13)11(8)16/h3-5,16H,2,6-7,13H2,1H3. The number of phenolic OH excluding ortho intramolecular Hbond substituents is 1. The Morgan fingerprint density at radius 3 is 3.06 bits per heavy atom. The van der Waals surface area contributed by atoms with E-state index in [0.29, 0.717) is 24.6 Å².